The molecule has 0 unspecified atom stereocenters. The first-order valence-electron chi connectivity index (χ1n) is 9.11. The molecule has 5 nitrogen and oxygen atoms in total. The van der Waals surface area contributed by atoms with Crippen LogP contribution in [0.15, 0.2) is 47.4 Å². The van der Waals surface area contributed by atoms with Gasteiger partial charge in [0.1, 0.15) is 0 Å². The number of hydrogen-bond donors (Lipinski definition) is 1. The van der Waals surface area contributed by atoms with Crippen LogP contribution in [0.1, 0.15) is 30.4 Å². The molecule has 1 saturated heterocycles. The number of nitrogens with zero attached hydrogens (tertiary/aromatic N) is 1. The van der Waals surface area contributed by atoms with Crippen LogP contribution in [0.25, 0.3) is 0 Å². The van der Waals surface area contributed by atoms with Crippen molar-refractivity contribution in [3.8, 4) is 5.75 Å². The first-order valence-corrected chi connectivity index (χ1v) is 10.6. The zero-order valence-corrected chi connectivity index (χ0v) is 16.3. The first-order chi connectivity index (χ1) is 13.0. The Hall–Kier alpha value is -1.96. The maximum Gasteiger partial charge on any atom is 0.240 e. The number of ether oxygens (including phenoxy) is 1. The minimum absolute atomic E-state index is 0.0123. The minimum Gasteiger partial charge on any atom is -0.494 e. The molecule has 0 saturated carbocycles. The molecular weight excluding hydrogens is 367 g/mol. The fourth-order valence-corrected chi connectivity index (χ4v) is 4.24. The molecule has 0 amide bonds. The fourth-order valence-electron chi connectivity index (χ4n) is 3.21. The topological polar surface area (TPSA) is 58.6 Å². The van der Waals surface area contributed by atoms with E-state index in [9.17, 15) is 12.8 Å². The summed E-state index contributed by atoms with van der Waals surface area (Å²) in [6.07, 6.45) is 3.82. The number of rotatable bonds is 7. The summed E-state index contributed by atoms with van der Waals surface area (Å²) in [6, 6.07) is 11.5. The lowest BCUT2D eigenvalue weighted by atomic mass is 10.1. The smallest absolute Gasteiger partial charge is 0.240 e. The Bertz CT molecular complexity index is 863. The van der Waals surface area contributed by atoms with Gasteiger partial charge in [-0.3, -0.25) is 4.90 Å². The van der Waals surface area contributed by atoms with Crippen molar-refractivity contribution in [2.75, 3.05) is 20.2 Å². The summed E-state index contributed by atoms with van der Waals surface area (Å²) in [5.41, 5.74) is 2.08. The summed E-state index contributed by atoms with van der Waals surface area (Å²) in [5.74, 6) is -0.694. The molecule has 0 bridgehead atoms. The lowest BCUT2D eigenvalue weighted by molar-refractivity contribution is 0.221. The van der Waals surface area contributed by atoms with Crippen molar-refractivity contribution in [3.63, 3.8) is 0 Å². The summed E-state index contributed by atoms with van der Waals surface area (Å²) in [5, 5.41) is 0. The average molecular weight is 392 g/mol. The van der Waals surface area contributed by atoms with Crippen molar-refractivity contribution in [3.05, 3.63) is 59.4 Å². The molecule has 0 aromatic heterocycles. The van der Waals surface area contributed by atoms with E-state index < -0.39 is 15.8 Å². The summed E-state index contributed by atoms with van der Waals surface area (Å²) >= 11 is 0. The normalized spacial score (nSPS) is 15.6. The summed E-state index contributed by atoms with van der Waals surface area (Å²) in [7, 11) is -2.46. The number of sulfonamides is 1. The lowest BCUT2D eigenvalue weighted by Gasteiger charge is -2.26. The Morgan fingerprint density at radius 1 is 1.04 bits per heavy atom. The van der Waals surface area contributed by atoms with Crippen molar-refractivity contribution >= 4 is 10.0 Å². The van der Waals surface area contributed by atoms with E-state index in [0.29, 0.717) is 0 Å². The molecule has 2 aromatic rings. The van der Waals surface area contributed by atoms with Gasteiger partial charge in [-0.15, -0.1) is 0 Å². The molecule has 1 aliphatic heterocycles. The average Bonchev–Trinajstić information content (AvgIpc) is 2.68. The molecule has 27 heavy (non-hydrogen) atoms. The number of likely N-dealkylation sites (tertiary alicyclic amines) is 1. The molecule has 2 aromatic carbocycles. The monoisotopic (exact) mass is 392 g/mol. The van der Waals surface area contributed by atoms with Gasteiger partial charge in [-0.05, 0) is 55.3 Å². The van der Waals surface area contributed by atoms with Crippen LogP contribution in [0.5, 0.6) is 5.75 Å². The quantitative estimate of drug-likeness (QED) is 0.786. The summed E-state index contributed by atoms with van der Waals surface area (Å²) < 4.78 is 45.8. The molecular formula is C20H25FN2O3S. The second-order valence-corrected chi connectivity index (χ2v) is 8.54. The van der Waals surface area contributed by atoms with Crippen molar-refractivity contribution < 1.29 is 17.5 Å². The zero-order chi connectivity index (χ0) is 19.3. The number of benzene rings is 2. The second-order valence-electron chi connectivity index (χ2n) is 6.77. The predicted molar refractivity (Wildman–Crippen MR) is 103 cm³/mol. The maximum atomic E-state index is 13.8. The molecule has 0 atom stereocenters. The van der Waals surface area contributed by atoms with Crippen molar-refractivity contribution in [2.24, 2.45) is 0 Å². The van der Waals surface area contributed by atoms with E-state index in [0.717, 1.165) is 31.3 Å². The highest BCUT2D eigenvalue weighted by molar-refractivity contribution is 7.89. The second kappa shape index (κ2) is 8.82. The third-order valence-corrected chi connectivity index (χ3v) is 6.18. The van der Waals surface area contributed by atoms with Crippen LogP contribution in [0.3, 0.4) is 0 Å². The highest BCUT2D eigenvalue weighted by Crippen LogP contribution is 2.21. The highest BCUT2D eigenvalue weighted by Gasteiger charge is 2.16. The van der Waals surface area contributed by atoms with Crippen LogP contribution < -0.4 is 9.46 Å². The Kier molecular flexibility index (Phi) is 6.46. The van der Waals surface area contributed by atoms with E-state index in [1.165, 1.54) is 44.1 Å². The van der Waals surface area contributed by atoms with Crippen molar-refractivity contribution in [1.29, 1.82) is 0 Å². The SMILES string of the molecule is COc1ccc(S(=O)(=O)NCc2ccc(CN3CCCCC3)cc2)cc1F. The maximum absolute atomic E-state index is 13.8. The van der Waals surface area contributed by atoms with Gasteiger partial charge in [-0.1, -0.05) is 30.7 Å². The lowest BCUT2D eigenvalue weighted by Crippen LogP contribution is -2.29. The molecule has 7 heteroatoms. The van der Waals surface area contributed by atoms with E-state index in [-0.39, 0.29) is 17.2 Å². The van der Waals surface area contributed by atoms with Gasteiger partial charge in [0.2, 0.25) is 10.0 Å². The van der Waals surface area contributed by atoms with Crippen LogP contribution in [0.2, 0.25) is 0 Å². The Labute approximate surface area is 160 Å². The van der Waals surface area contributed by atoms with E-state index in [1.54, 1.807) is 0 Å². The predicted octanol–water partition coefficient (Wildman–Crippen LogP) is 3.30. The molecule has 1 heterocycles. The molecule has 1 fully saturated rings. The van der Waals surface area contributed by atoms with Gasteiger partial charge in [0, 0.05) is 13.1 Å². The summed E-state index contributed by atoms with van der Waals surface area (Å²) in [4.78, 5) is 2.32. The molecule has 146 valence electrons. The van der Waals surface area contributed by atoms with E-state index in [1.807, 2.05) is 24.3 Å². The number of methoxy groups -OCH3 is 1. The van der Waals surface area contributed by atoms with Crippen LogP contribution in [0, 0.1) is 5.82 Å². The highest BCUT2D eigenvalue weighted by atomic mass is 32.2. The largest absolute Gasteiger partial charge is 0.494 e. The number of nitrogens with one attached hydrogen (secondary N) is 1. The van der Waals surface area contributed by atoms with E-state index >= 15 is 0 Å². The van der Waals surface area contributed by atoms with Crippen LogP contribution in [-0.4, -0.2) is 33.5 Å². The number of piperidine rings is 1. The Morgan fingerprint density at radius 2 is 1.70 bits per heavy atom. The zero-order valence-electron chi connectivity index (χ0n) is 15.4. The fraction of sp³-hybridized carbons (Fsp3) is 0.400. The van der Waals surface area contributed by atoms with Gasteiger partial charge < -0.3 is 4.74 Å². The Morgan fingerprint density at radius 3 is 2.33 bits per heavy atom. The Balaban J connectivity index is 1.59. The third kappa shape index (κ3) is 5.28. The van der Waals surface area contributed by atoms with Gasteiger partial charge in [0.25, 0.3) is 0 Å². The summed E-state index contributed by atoms with van der Waals surface area (Å²) in [6.45, 7) is 3.36. The molecule has 0 radical (unpaired) electrons. The van der Waals surface area contributed by atoms with Gasteiger partial charge in [-0.2, -0.15) is 0 Å². The first kappa shape index (κ1) is 19.8. The van der Waals surface area contributed by atoms with Crippen LogP contribution >= 0.6 is 0 Å². The van der Waals surface area contributed by atoms with E-state index in [2.05, 4.69) is 9.62 Å². The number of halogens is 1. The molecule has 1 N–H and O–H groups in total. The van der Waals surface area contributed by atoms with Crippen molar-refractivity contribution in [1.82, 2.24) is 9.62 Å². The standard InChI is InChI=1S/C20H25FN2O3S/c1-26-20-10-9-18(13-19(20)21)27(24,25)22-14-16-5-7-17(8-6-16)15-23-11-3-2-4-12-23/h5-10,13,22H,2-4,11-12,14-15H2,1H3. The van der Waals surface area contributed by atoms with E-state index in [4.69, 9.17) is 4.74 Å². The molecule has 0 spiro atoms. The third-order valence-electron chi connectivity index (χ3n) is 4.78. The van der Waals surface area contributed by atoms with Gasteiger partial charge in [0.15, 0.2) is 11.6 Å². The van der Waals surface area contributed by atoms with Gasteiger partial charge >= 0.3 is 0 Å². The number of hydrogen-bond acceptors (Lipinski definition) is 4. The minimum atomic E-state index is -3.79. The van der Waals surface area contributed by atoms with Gasteiger partial charge in [0.05, 0.1) is 12.0 Å². The molecule has 1 aliphatic rings. The molecule has 3 rings (SSSR count). The van der Waals surface area contributed by atoms with Gasteiger partial charge in [-0.25, -0.2) is 17.5 Å². The molecule has 0 aliphatic carbocycles. The van der Waals surface area contributed by atoms with Crippen LogP contribution in [-0.2, 0) is 23.1 Å². The van der Waals surface area contributed by atoms with Crippen LogP contribution in [0.4, 0.5) is 4.39 Å². The van der Waals surface area contributed by atoms with Crippen molar-refractivity contribution in [2.45, 2.75) is 37.2 Å².